The summed E-state index contributed by atoms with van der Waals surface area (Å²) < 4.78 is 25.1. The van der Waals surface area contributed by atoms with Gasteiger partial charge in [-0.05, 0) is 42.5 Å². The predicted octanol–water partition coefficient (Wildman–Crippen LogP) is 3.06. The second-order valence-electron chi connectivity index (χ2n) is 5.51. The monoisotopic (exact) mass is 379 g/mol. The van der Waals surface area contributed by atoms with Crippen LogP contribution < -0.4 is 10.0 Å². The summed E-state index contributed by atoms with van der Waals surface area (Å²) >= 11 is 1.57. The number of hydrogen-bond donors (Lipinski definition) is 2. The molecule has 25 heavy (non-hydrogen) atoms. The Bertz CT molecular complexity index is 854. The van der Waals surface area contributed by atoms with Crippen molar-refractivity contribution < 1.29 is 13.2 Å². The van der Waals surface area contributed by atoms with E-state index in [0.29, 0.717) is 11.3 Å². The molecule has 1 atom stereocenters. The number of pyridine rings is 1. The molecule has 1 aromatic carbocycles. The minimum absolute atomic E-state index is 0.200. The van der Waals surface area contributed by atoms with Crippen molar-refractivity contribution in [1.29, 1.82) is 0 Å². The number of aromatic nitrogens is 1. The first-order valence-corrected chi connectivity index (χ1v) is 10.6. The average molecular weight is 380 g/mol. The maximum Gasteiger partial charge on any atom is 0.251 e. The number of carbonyl (C=O) groups is 1. The molecule has 1 amide bonds. The van der Waals surface area contributed by atoms with Crippen LogP contribution in [-0.2, 0) is 10.0 Å². The number of nitrogens with one attached hydrogen (secondary N) is 2. The van der Waals surface area contributed by atoms with Gasteiger partial charge in [-0.15, -0.1) is 11.8 Å². The standard InChI is InChI=1S/C17H21N3O3S2/c1-4-24-16-11-14(8-9-18-16)17(21)19-12(2)13-6-5-7-15(10-13)20-25(3,22)23/h5-12,20H,4H2,1-3H3,(H,19,21)/t12-/m0/s1. The third-order valence-corrected chi connectivity index (χ3v) is 4.74. The molecule has 0 aliphatic heterocycles. The second kappa shape index (κ2) is 8.35. The molecule has 0 saturated carbocycles. The summed E-state index contributed by atoms with van der Waals surface area (Å²) in [7, 11) is -3.34. The van der Waals surface area contributed by atoms with Crippen LogP contribution in [0.15, 0.2) is 47.6 Å². The lowest BCUT2D eigenvalue weighted by atomic mass is 10.1. The van der Waals surface area contributed by atoms with E-state index >= 15 is 0 Å². The molecule has 2 N–H and O–H groups in total. The lowest BCUT2D eigenvalue weighted by molar-refractivity contribution is 0.0939. The molecule has 0 aliphatic rings. The number of nitrogens with zero attached hydrogens (tertiary/aromatic N) is 1. The molecule has 2 aromatic rings. The zero-order valence-corrected chi connectivity index (χ0v) is 15.9. The lowest BCUT2D eigenvalue weighted by Gasteiger charge is -2.16. The number of carbonyl (C=O) groups excluding carboxylic acids is 1. The van der Waals surface area contributed by atoms with Crippen LogP contribution in [0.3, 0.4) is 0 Å². The van der Waals surface area contributed by atoms with Crippen molar-refractivity contribution in [3.05, 3.63) is 53.7 Å². The quantitative estimate of drug-likeness (QED) is 0.722. The molecule has 0 unspecified atom stereocenters. The van der Waals surface area contributed by atoms with E-state index in [0.717, 1.165) is 22.6 Å². The van der Waals surface area contributed by atoms with Gasteiger partial charge in [0.1, 0.15) is 0 Å². The summed E-state index contributed by atoms with van der Waals surface area (Å²) in [6.07, 6.45) is 2.72. The van der Waals surface area contributed by atoms with Crippen LogP contribution in [0, 0.1) is 0 Å². The Balaban J connectivity index is 2.11. The average Bonchev–Trinajstić information content (AvgIpc) is 2.54. The Labute approximate surface area is 152 Å². The van der Waals surface area contributed by atoms with Crippen molar-refractivity contribution in [2.45, 2.75) is 24.9 Å². The maximum atomic E-state index is 12.4. The minimum Gasteiger partial charge on any atom is -0.346 e. The van der Waals surface area contributed by atoms with Gasteiger partial charge in [-0.1, -0.05) is 19.1 Å². The molecule has 0 bridgehead atoms. The summed E-state index contributed by atoms with van der Waals surface area (Å²) in [6, 6.07) is 10.1. The van der Waals surface area contributed by atoms with Crippen LogP contribution in [0.25, 0.3) is 0 Å². The summed E-state index contributed by atoms with van der Waals surface area (Å²) in [4.78, 5) is 16.7. The zero-order chi connectivity index (χ0) is 18.4. The minimum atomic E-state index is -3.34. The molecule has 0 spiro atoms. The summed E-state index contributed by atoms with van der Waals surface area (Å²) in [5.41, 5.74) is 1.81. The van der Waals surface area contributed by atoms with Crippen molar-refractivity contribution in [3.63, 3.8) is 0 Å². The molecule has 1 aromatic heterocycles. The molecule has 0 aliphatic carbocycles. The predicted molar refractivity (Wildman–Crippen MR) is 101 cm³/mol. The van der Waals surface area contributed by atoms with Crippen molar-refractivity contribution in [2.75, 3.05) is 16.7 Å². The second-order valence-corrected chi connectivity index (χ2v) is 8.54. The zero-order valence-electron chi connectivity index (χ0n) is 14.3. The Morgan fingerprint density at radius 2 is 2.04 bits per heavy atom. The molecule has 0 radical (unpaired) electrons. The summed E-state index contributed by atoms with van der Waals surface area (Å²) in [6.45, 7) is 3.87. The van der Waals surface area contributed by atoms with Crippen LogP contribution >= 0.6 is 11.8 Å². The van der Waals surface area contributed by atoms with E-state index in [4.69, 9.17) is 0 Å². The normalized spacial score (nSPS) is 12.4. The van der Waals surface area contributed by atoms with Gasteiger partial charge in [0, 0.05) is 17.4 Å². The van der Waals surface area contributed by atoms with Crippen molar-refractivity contribution >= 4 is 33.4 Å². The number of thioether (sulfide) groups is 1. The number of hydrogen-bond acceptors (Lipinski definition) is 5. The maximum absolute atomic E-state index is 12.4. The van der Waals surface area contributed by atoms with Crippen molar-refractivity contribution in [1.82, 2.24) is 10.3 Å². The fraction of sp³-hybridized carbons (Fsp3) is 0.294. The third-order valence-electron chi connectivity index (χ3n) is 3.33. The number of benzene rings is 1. The summed E-state index contributed by atoms with van der Waals surface area (Å²) in [5.74, 6) is 0.684. The highest BCUT2D eigenvalue weighted by Gasteiger charge is 2.13. The number of anilines is 1. The van der Waals surface area contributed by atoms with Gasteiger partial charge in [-0.2, -0.15) is 0 Å². The number of sulfonamides is 1. The Morgan fingerprint density at radius 1 is 1.28 bits per heavy atom. The van der Waals surface area contributed by atoms with Gasteiger partial charge < -0.3 is 5.32 Å². The van der Waals surface area contributed by atoms with E-state index < -0.39 is 10.0 Å². The van der Waals surface area contributed by atoms with E-state index in [2.05, 4.69) is 15.0 Å². The highest BCUT2D eigenvalue weighted by molar-refractivity contribution is 7.99. The highest BCUT2D eigenvalue weighted by atomic mass is 32.2. The first-order chi connectivity index (χ1) is 11.8. The molecule has 134 valence electrons. The summed E-state index contributed by atoms with van der Waals surface area (Å²) in [5, 5.41) is 3.73. The molecular weight excluding hydrogens is 358 g/mol. The van der Waals surface area contributed by atoms with Crippen LogP contribution in [0.2, 0.25) is 0 Å². The molecule has 0 fully saturated rings. The largest absolute Gasteiger partial charge is 0.346 e. The molecule has 6 nitrogen and oxygen atoms in total. The SMILES string of the molecule is CCSc1cc(C(=O)N[C@@H](C)c2cccc(NS(C)(=O)=O)c2)ccn1. The molecular formula is C17H21N3O3S2. The van der Waals surface area contributed by atoms with Gasteiger partial charge >= 0.3 is 0 Å². The fourth-order valence-electron chi connectivity index (χ4n) is 2.23. The van der Waals surface area contributed by atoms with Crippen molar-refractivity contribution in [2.24, 2.45) is 0 Å². The molecule has 1 heterocycles. The van der Waals surface area contributed by atoms with Gasteiger partial charge in [-0.25, -0.2) is 13.4 Å². The van der Waals surface area contributed by atoms with Crippen molar-refractivity contribution in [3.8, 4) is 0 Å². The van der Waals surface area contributed by atoms with E-state index in [1.165, 1.54) is 0 Å². The smallest absolute Gasteiger partial charge is 0.251 e. The Kier molecular flexibility index (Phi) is 6.44. The Morgan fingerprint density at radius 3 is 2.72 bits per heavy atom. The van der Waals surface area contributed by atoms with Gasteiger partial charge in [0.25, 0.3) is 5.91 Å². The van der Waals surface area contributed by atoms with Crippen LogP contribution in [-0.4, -0.2) is 31.3 Å². The lowest BCUT2D eigenvalue weighted by Crippen LogP contribution is -2.26. The van der Waals surface area contributed by atoms with Crippen LogP contribution in [0.4, 0.5) is 5.69 Å². The number of rotatable bonds is 7. The van der Waals surface area contributed by atoms with Crippen LogP contribution in [0.5, 0.6) is 0 Å². The van der Waals surface area contributed by atoms with E-state index in [1.807, 2.05) is 19.9 Å². The Hall–Kier alpha value is -2.06. The number of amides is 1. The third kappa shape index (κ3) is 6.06. The topological polar surface area (TPSA) is 88.2 Å². The van der Waals surface area contributed by atoms with E-state index in [1.54, 1.807) is 48.3 Å². The fourth-order valence-corrected chi connectivity index (χ4v) is 3.42. The van der Waals surface area contributed by atoms with Gasteiger partial charge in [0.2, 0.25) is 10.0 Å². The highest BCUT2D eigenvalue weighted by Crippen LogP contribution is 2.20. The first-order valence-electron chi connectivity index (χ1n) is 7.76. The van der Waals surface area contributed by atoms with Crippen LogP contribution in [0.1, 0.15) is 35.8 Å². The van der Waals surface area contributed by atoms with Gasteiger partial charge in [0.15, 0.2) is 0 Å². The molecule has 2 rings (SSSR count). The van der Waals surface area contributed by atoms with Gasteiger partial charge in [-0.3, -0.25) is 9.52 Å². The first kappa shape index (κ1) is 19.3. The molecule has 0 saturated heterocycles. The molecule has 8 heteroatoms. The van der Waals surface area contributed by atoms with E-state index in [9.17, 15) is 13.2 Å². The van der Waals surface area contributed by atoms with Gasteiger partial charge in [0.05, 0.1) is 17.3 Å². The van der Waals surface area contributed by atoms with E-state index in [-0.39, 0.29) is 11.9 Å².